The zero-order valence-electron chi connectivity index (χ0n) is 10.7. The third-order valence-corrected chi connectivity index (χ3v) is 4.31. The van der Waals surface area contributed by atoms with E-state index in [1.807, 2.05) is 43.3 Å². The van der Waals surface area contributed by atoms with Crippen LogP contribution in [0.3, 0.4) is 0 Å². The van der Waals surface area contributed by atoms with Gasteiger partial charge in [-0.2, -0.15) is 0 Å². The van der Waals surface area contributed by atoms with Gasteiger partial charge in [0, 0.05) is 8.95 Å². The van der Waals surface area contributed by atoms with Gasteiger partial charge in [-0.15, -0.1) is 0 Å². The van der Waals surface area contributed by atoms with Gasteiger partial charge in [0.05, 0.1) is 11.1 Å². The van der Waals surface area contributed by atoms with Crippen LogP contribution in [-0.2, 0) is 0 Å². The summed E-state index contributed by atoms with van der Waals surface area (Å²) >= 11 is 10.3. The van der Waals surface area contributed by atoms with Crippen LogP contribution in [0.2, 0.25) is 0 Å². The first-order chi connectivity index (χ1) is 9.51. The first-order valence-electron chi connectivity index (χ1n) is 6.07. The minimum atomic E-state index is -0.684. The predicted molar refractivity (Wildman–Crippen MR) is 91.2 cm³/mol. The number of rotatable bonds is 4. The molecule has 2 aromatic rings. The van der Waals surface area contributed by atoms with Gasteiger partial charge < -0.3 is 9.84 Å². The van der Waals surface area contributed by atoms with Crippen molar-refractivity contribution >= 4 is 47.8 Å². The van der Waals surface area contributed by atoms with Crippen molar-refractivity contribution in [3.05, 3.63) is 60.9 Å². The summed E-state index contributed by atoms with van der Waals surface area (Å²) in [6, 6.07) is 11.3. The first-order valence-corrected chi connectivity index (χ1v) is 8.45. The maximum atomic E-state index is 10.5. The molecule has 0 aliphatic carbocycles. The topological polar surface area (TPSA) is 29.5 Å². The van der Waals surface area contributed by atoms with Gasteiger partial charge in [-0.3, -0.25) is 0 Å². The highest BCUT2D eigenvalue weighted by atomic mass is 79.9. The molecule has 1 N–H and O–H groups in total. The van der Waals surface area contributed by atoms with Crippen molar-refractivity contribution in [2.45, 2.75) is 13.0 Å². The molecule has 2 nitrogen and oxygen atoms in total. The van der Waals surface area contributed by atoms with E-state index in [-0.39, 0.29) is 0 Å². The van der Waals surface area contributed by atoms with E-state index in [1.54, 1.807) is 0 Å². The maximum Gasteiger partial charge on any atom is 0.133 e. The van der Waals surface area contributed by atoms with Crippen molar-refractivity contribution < 1.29 is 9.84 Å². The van der Waals surface area contributed by atoms with E-state index in [0.717, 1.165) is 30.3 Å². The highest BCUT2D eigenvalue weighted by Crippen LogP contribution is 2.32. The summed E-state index contributed by atoms with van der Waals surface area (Å²) in [5, 5.41) is 10.5. The fourth-order valence-electron chi connectivity index (χ4n) is 1.89. The largest absolute Gasteiger partial charge is 0.493 e. The molecule has 0 amide bonds. The molecule has 0 heterocycles. The van der Waals surface area contributed by atoms with E-state index in [0.29, 0.717) is 6.61 Å². The molecule has 0 radical (unpaired) electrons. The van der Waals surface area contributed by atoms with Crippen LogP contribution in [-0.4, -0.2) is 11.7 Å². The van der Waals surface area contributed by atoms with Crippen LogP contribution in [0, 0.1) is 0 Å². The molecule has 1 atom stereocenters. The predicted octanol–water partition coefficient (Wildman–Crippen LogP) is 5.45. The molecule has 0 aliphatic heterocycles. The van der Waals surface area contributed by atoms with E-state index in [4.69, 9.17) is 4.74 Å². The molecule has 2 aromatic carbocycles. The van der Waals surface area contributed by atoms with E-state index in [2.05, 4.69) is 47.8 Å². The normalized spacial score (nSPS) is 12.2. The van der Waals surface area contributed by atoms with E-state index in [9.17, 15) is 5.11 Å². The molecule has 1 unspecified atom stereocenters. The number of ether oxygens (including phenoxy) is 1. The van der Waals surface area contributed by atoms with Crippen LogP contribution >= 0.6 is 47.8 Å². The fourth-order valence-corrected chi connectivity index (χ4v) is 3.73. The lowest BCUT2D eigenvalue weighted by Crippen LogP contribution is -2.01. The summed E-state index contributed by atoms with van der Waals surface area (Å²) in [5.74, 6) is 0.777. The summed E-state index contributed by atoms with van der Waals surface area (Å²) in [5.41, 5.74) is 1.63. The van der Waals surface area contributed by atoms with E-state index >= 15 is 0 Å². The molecule has 2 rings (SSSR count). The maximum absolute atomic E-state index is 10.5. The lowest BCUT2D eigenvalue weighted by atomic mass is 10.0. The fraction of sp³-hybridized carbons (Fsp3) is 0.200. The van der Waals surface area contributed by atoms with Crippen molar-refractivity contribution in [1.82, 2.24) is 0 Å². The third kappa shape index (κ3) is 3.85. The van der Waals surface area contributed by atoms with Gasteiger partial charge in [0.15, 0.2) is 0 Å². The van der Waals surface area contributed by atoms with E-state index in [1.165, 1.54) is 0 Å². The summed E-state index contributed by atoms with van der Waals surface area (Å²) < 4.78 is 8.15. The molecule has 5 heteroatoms. The Labute approximate surface area is 143 Å². The van der Waals surface area contributed by atoms with Gasteiger partial charge in [0.1, 0.15) is 11.9 Å². The molecular formula is C15H13Br3O2. The Morgan fingerprint density at radius 3 is 2.20 bits per heavy atom. The second-order valence-corrected chi connectivity index (χ2v) is 6.91. The van der Waals surface area contributed by atoms with Crippen LogP contribution in [0.4, 0.5) is 0 Å². The minimum absolute atomic E-state index is 0.610. The second-order valence-electron chi connectivity index (χ2n) is 4.23. The Kier molecular flexibility index (Phi) is 5.66. The summed E-state index contributed by atoms with van der Waals surface area (Å²) in [6.45, 7) is 2.55. The first kappa shape index (κ1) is 16.0. The van der Waals surface area contributed by atoms with Gasteiger partial charge in [-0.25, -0.2) is 0 Å². The van der Waals surface area contributed by atoms with Gasteiger partial charge in [-0.05, 0) is 64.3 Å². The Morgan fingerprint density at radius 2 is 1.65 bits per heavy atom. The second kappa shape index (κ2) is 7.07. The SMILES string of the molecule is CCOc1ccc(C(O)c2cc(Br)cc(Br)c2)cc1Br. The smallest absolute Gasteiger partial charge is 0.133 e. The Bertz CT molecular complexity index is 594. The molecule has 0 spiro atoms. The Hall–Kier alpha value is -0.360. The van der Waals surface area contributed by atoms with Gasteiger partial charge >= 0.3 is 0 Å². The summed E-state index contributed by atoms with van der Waals surface area (Å²) in [7, 11) is 0. The Morgan fingerprint density at radius 1 is 1.00 bits per heavy atom. The van der Waals surface area contributed by atoms with Crippen LogP contribution < -0.4 is 4.74 Å². The Balaban J connectivity index is 2.33. The molecule has 106 valence electrons. The van der Waals surface area contributed by atoms with Crippen molar-refractivity contribution in [2.24, 2.45) is 0 Å². The number of aliphatic hydroxyl groups excluding tert-OH is 1. The number of hydrogen-bond acceptors (Lipinski definition) is 2. The molecule has 0 saturated carbocycles. The molecule has 0 aliphatic rings. The zero-order chi connectivity index (χ0) is 14.7. The molecule has 0 saturated heterocycles. The summed E-state index contributed by atoms with van der Waals surface area (Å²) in [4.78, 5) is 0. The average Bonchev–Trinajstić information content (AvgIpc) is 2.39. The highest BCUT2D eigenvalue weighted by molar-refractivity contribution is 9.11. The van der Waals surface area contributed by atoms with Gasteiger partial charge in [0.2, 0.25) is 0 Å². The lowest BCUT2D eigenvalue weighted by Gasteiger charge is -2.14. The van der Waals surface area contributed by atoms with Crippen molar-refractivity contribution in [1.29, 1.82) is 0 Å². The number of benzene rings is 2. The van der Waals surface area contributed by atoms with Gasteiger partial charge in [0.25, 0.3) is 0 Å². The number of halogens is 3. The van der Waals surface area contributed by atoms with Crippen LogP contribution in [0.5, 0.6) is 5.75 Å². The van der Waals surface area contributed by atoms with Crippen molar-refractivity contribution in [3.8, 4) is 5.75 Å². The standard InChI is InChI=1S/C15H13Br3O2/c1-2-20-14-4-3-9(7-13(14)18)15(19)10-5-11(16)8-12(17)6-10/h3-8,15,19H,2H2,1H3. The minimum Gasteiger partial charge on any atom is -0.493 e. The third-order valence-electron chi connectivity index (χ3n) is 2.77. The number of aliphatic hydroxyl groups is 1. The van der Waals surface area contributed by atoms with Crippen LogP contribution in [0.25, 0.3) is 0 Å². The quantitative estimate of drug-likeness (QED) is 0.651. The van der Waals surface area contributed by atoms with Crippen molar-refractivity contribution in [2.75, 3.05) is 6.61 Å². The lowest BCUT2D eigenvalue weighted by molar-refractivity contribution is 0.220. The molecule has 0 aromatic heterocycles. The molecule has 20 heavy (non-hydrogen) atoms. The summed E-state index contributed by atoms with van der Waals surface area (Å²) in [6.07, 6.45) is -0.684. The number of hydrogen-bond donors (Lipinski definition) is 1. The zero-order valence-corrected chi connectivity index (χ0v) is 15.5. The average molecular weight is 465 g/mol. The van der Waals surface area contributed by atoms with Crippen molar-refractivity contribution in [3.63, 3.8) is 0 Å². The van der Waals surface area contributed by atoms with Crippen LogP contribution in [0.1, 0.15) is 24.2 Å². The van der Waals surface area contributed by atoms with Crippen LogP contribution in [0.15, 0.2) is 49.8 Å². The van der Waals surface area contributed by atoms with Gasteiger partial charge in [-0.1, -0.05) is 37.9 Å². The monoisotopic (exact) mass is 462 g/mol. The molecule has 0 fully saturated rings. The molecule has 0 bridgehead atoms. The highest BCUT2D eigenvalue weighted by Gasteiger charge is 2.13. The van der Waals surface area contributed by atoms with E-state index < -0.39 is 6.10 Å². The molecular weight excluding hydrogens is 452 g/mol.